The van der Waals surface area contributed by atoms with Crippen molar-refractivity contribution in [3.63, 3.8) is 0 Å². The lowest BCUT2D eigenvalue weighted by molar-refractivity contribution is 0.475. The number of anilines is 1. The van der Waals surface area contributed by atoms with Gasteiger partial charge in [-0.05, 0) is 38.1 Å². The smallest absolute Gasteiger partial charge is 0.182 e. The molecule has 3 rings (SSSR count). The van der Waals surface area contributed by atoms with Crippen LogP contribution in [0, 0.1) is 13.8 Å². The minimum atomic E-state index is 0.0153. The highest BCUT2D eigenvalue weighted by atomic mass is 35.5. The van der Waals surface area contributed by atoms with E-state index in [0.29, 0.717) is 17.3 Å². The number of aryl methyl sites for hydroxylation is 2. The fourth-order valence-corrected chi connectivity index (χ4v) is 2.42. The van der Waals surface area contributed by atoms with Crippen molar-refractivity contribution >= 4 is 17.4 Å². The summed E-state index contributed by atoms with van der Waals surface area (Å²) in [6.07, 6.45) is 1.48. The first-order valence-corrected chi connectivity index (χ1v) is 6.98. The minimum absolute atomic E-state index is 0.0153. The highest BCUT2D eigenvalue weighted by Crippen LogP contribution is 2.31. The van der Waals surface area contributed by atoms with Gasteiger partial charge in [-0.25, -0.2) is 14.6 Å². The number of halogens is 1. The molecule has 0 aliphatic carbocycles. The summed E-state index contributed by atoms with van der Waals surface area (Å²) in [5, 5.41) is 14.2. The molecule has 1 aromatic carbocycles. The van der Waals surface area contributed by atoms with E-state index in [9.17, 15) is 5.11 Å². The Morgan fingerprint density at radius 1 is 1.23 bits per heavy atom. The van der Waals surface area contributed by atoms with Crippen molar-refractivity contribution in [1.82, 2.24) is 19.7 Å². The maximum Gasteiger partial charge on any atom is 0.182 e. The second-order valence-electron chi connectivity index (χ2n) is 4.97. The molecule has 3 N–H and O–H groups in total. The third kappa shape index (κ3) is 2.48. The molecule has 0 spiro atoms. The fraction of sp³-hybridized carbons (Fsp3) is 0.133. The minimum Gasteiger partial charge on any atom is -0.506 e. The van der Waals surface area contributed by atoms with Crippen LogP contribution in [0.1, 0.15) is 11.4 Å². The average molecular weight is 316 g/mol. The van der Waals surface area contributed by atoms with Crippen molar-refractivity contribution in [2.24, 2.45) is 0 Å². The highest BCUT2D eigenvalue weighted by molar-refractivity contribution is 6.32. The van der Waals surface area contributed by atoms with E-state index in [0.717, 1.165) is 17.0 Å². The zero-order valence-corrected chi connectivity index (χ0v) is 12.8. The van der Waals surface area contributed by atoms with Gasteiger partial charge in [0.25, 0.3) is 0 Å². The Balaban J connectivity index is 2.24. The zero-order chi connectivity index (χ0) is 15.9. The predicted molar refractivity (Wildman–Crippen MR) is 85.2 cm³/mol. The predicted octanol–water partition coefficient (Wildman–Crippen LogP) is 2.89. The largest absolute Gasteiger partial charge is 0.506 e. The summed E-state index contributed by atoms with van der Waals surface area (Å²) in [7, 11) is 0. The number of hydrogen-bond acceptors (Lipinski definition) is 5. The molecule has 3 aromatic rings. The number of rotatable bonds is 2. The number of hydrogen-bond donors (Lipinski definition) is 2. The van der Waals surface area contributed by atoms with Crippen molar-refractivity contribution in [2.75, 3.05) is 5.73 Å². The Kier molecular flexibility index (Phi) is 3.46. The van der Waals surface area contributed by atoms with Gasteiger partial charge in [0.2, 0.25) is 0 Å². The SMILES string of the molecule is Cc1cc(C)n(-c2nc(N)cnc2-c2ccc(O)c(Cl)c2)n1. The lowest BCUT2D eigenvalue weighted by Crippen LogP contribution is -2.08. The Hall–Kier alpha value is -2.60. The number of nitrogen functional groups attached to an aromatic ring is 1. The van der Waals surface area contributed by atoms with Crippen LogP contribution in [-0.2, 0) is 0 Å². The first-order valence-electron chi connectivity index (χ1n) is 6.61. The molecule has 0 unspecified atom stereocenters. The zero-order valence-electron chi connectivity index (χ0n) is 12.1. The van der Waals surface area contributed by atoms with E-state index in [1.165, 1.54) is 12.3 Å². The summed E-state index contributed by atoms with van der Waals surface area (Å²) in [4.78, 5) is 8.71. The summed E-state index contributed by atoms with van der Waals surface area (Å²) in [6, 6.07) is 6.81. The first-order chi connectivity index (χ1) is 10.5. The Morgan fingerprint density at radius 3 is 2.64 bits per heavy atom. The van der Waals surface area contributed by atoms with Crippen molar-refractivity contribution in [1.29, 1.82) is 0 Å². The quantitative estimate of drug-likeness (QED) is 0.759. The van der Waals surface area contributed by atoms with Gasteiger partial charge in [0, 0.05) is 11.3 Å². The van der Waals surface area contributed by atoms with Crippen molar-refractivity contribution in [3.8, 4) is 22.8 Å². The van der Waals surface area contributed by atoms with Crippen LogP contribution in [-0.4, -0.2) is 24.9 Å². The molecule has 0 aliphatic heterocycles. The van der Waals surface area contributed by atoms with E-state index in [-0.39, 0.29) is 10.8 Å². The van der Waals surface area contributed by atoms with Crippen LogP contribution in [0.15, 0.2) is 30.5 Å². The van der Waals surface area contributed by atoms with Gasteiger partial charge in [0.15, 0.2) is 5.82 Å². The molecule has 2 aromatic heterocycles. The average Bonchev–Trinajstić information content (AvgIpc) is 2.81. The number of benzene rings is 1. The van der Waals surface area contributed by atoms with Gasteiger partial charge in [-0.3, -0.25) is 0 Å². The molecule has 0 saturated carbocycles. The summed E-state index contributed by atoms with van der Waals surface area (Å²) >= 11 is 5.98. The molecule has 0 fully saturated rings. The van der Waals surface area contributed by atoms with E-state index >= 15 is 0 Å². The number of nitrogens with two attached hydrogens (primary N) is 1. The molecule has 0 radical (unpaired) electrons. The van der Waals surface area contributed by atoms with Gasteiger partial charge in [-0.15, -0.1) is 0 Å². The van der Waals surface area contributed by atoms with Gasteiger partial charge in [0.1, 0.15) is 17.3 Å². The Bertz CT molecular complexity index is 859. The summed E-state index contributed by atoms with van der Waals surface area (Å²) < 4.78 is 1.69. The summed E-state index contributed by atoms with van der Waals surface area (Å²) in [5.41, 5.74) is 8.87. The molecule has 0 saturated heterocycles. The van der Waals surface area contributed by atoms with Crippen molar-refractivity contribution in [2.45, 2.75) is 13.8 Å². The van der Waals surface area contributed by atoms with E-state index < -0.39 is 0 Å². The third-order valence-corrected chi connectivity index (χ3v) is 3.51. The summed E-state index contributed by atoms with van der Waals surface area (Å²) in [5.74, 6) is 0.838. The van der Waals surface area contributed by atoms with Gasteiger partial charge in [0.05, 0.1) is 16.9 Å². The number of aromatic nitrogens is 4. The van der Waals surface area contributed by atoms with E-state index in [2.05, 4.69) is 15.1 Å². The topological polar surface area (TPSA) is 89.9 Å². The number of phenols is 1. The van der Waals surface area contributed by atoms with E-state index in [1.54, 1.807) is 16.8 Å². The lowest BCUT2D eigenvalue weighted by Gasteiger charge is -2.11. The number of nitrogens with zero attached hydrogens (tertiary/aromatic N) is 4. The van der Waals surface area contributed by atoms with Gasteiger partial charge >= 0.3 is 0 Å². The number of aromatic hydroxyl groups is 1. The molecule has 0 amide bonds. The molecular weight excluding hydrogens is 302 g/mol. The van der Waals surface area contributed by atoms with E-state index in [1.807, 2.05) is 19.9 Å². The maximum atomic E-state index is 9.56. The Morgan fingerprint density at radius 2 is 2.00 bits per heavy atom. The molecule has 0 bridgehead atoms. The van der Waals surface area contributed by atoms with Crippen LogP contribution < -0.4 is 5.73 Å². The van der Waals surface area contributed by atoms with Crippen LogP contribution in [0.3, 0.4) is 0 Å². The van der Waals surface area contributed by atoms with Crippen LogP contribution >= 0.6 is 11.6 Å². The van der Waals surface area contributed by atoms with E-state index in [4.69, 9.17) is 17.3 Å². The second kappa shape index (κ2) is 5.31. The summed E-state index contributed by atoms with van der Waals surface area (Å²) in [6.45, 7) is 3.83. The molecule has 7 heteroatoms. The van der Waals surface area contributed by atoms with Gasteiger partial charge in [-0.1, -0.05) is 11.6 Å². The second-order valence-corrected chi connectivity index (χ2v) is 5.38. The van der Waals surface area contributed by atoms with Crippen molar-refractivity contribution in [3.05, 3.63) is 46.9 Å². The fourth-order valence-electron chi connectivity index (χ4n) is 2.24. The molecular formula is C15H14ClN5O. The molecule has 6 nitrogen and oxygen atoms in total. The molecule has 2 heterocycles. The first kappa shape index (κ1) is 14.3. The standard InChI is InChI=1S/C15H14ClN5O/c1-8-5-9(2)21(20-8)15-14(18-7-13(17)19-15)10-3-4-12(22)11(16)6-10/h3-7,22H,1-2H3,(H2,17,19). The molecule has 22 heavy (non-hydrogen) atoms. The highest BCUT2D eigenvalue weighted by Gasteiger charge is 2.15. The van der Waals surface area contributed by atoms with Crippen LogP contribution in [0.25, 0.3) is 17.1 Å². The molecule has 0 aliphatic rings. The Labute approximate surface area is 132 Å². The molecule has 112 valence electrons. The maximum absolute atomic E-state index is 9.56. The normalized spacial score (nSPS) is 10.9. The third-order valence-electron chi connectivity index (χ3n) is 3.20. The lowest BCUT2D eigenvalue weighted by atomic mass is 10.1. The monoisotopic (exact) mass is 315 g/mol. The molecule has 0 atom stereocenters. The van der Waals surface area contributed by atoms with Crippen molar-refractivity contribution < 1.29 is 5.11 Å². The van der Waals surface area contributed by atoms with Gasteiger partial charge in [-0.2, -0.15) is 5.10 Å². The number of phenolic OH excluding ortho intramolecular Hbond substituents is 1. The van der Waals surface area contributed by atoms with Gasteiger partial charge < -0.3 is 10.8 Å². The van der Waals surface area contributed by atoms with Crippen LogP contribution in [0.4, 0.5) is 5.82 Å². The van der Waals surface area contributed by atoms with Crippen LogP contribution in [0.5, 0.6) is 5.75 Å². The van der Waals surface area contributed by atoms with Crippen LogP contribution in [0.2, 0.25) is 5.02 Å².